The van der Waals surface area contributed by atoms with Crippen LogP contribution in [0.4, 0.5) is 15.8 Å². The summed E-state index contributed by atoms with van der Waals surface area (Å²) in [6, 6.07) is 18.8. The minimum absolute atomic E-state index is 0.203. The molecule has 0 fully saturated rings. The van der Waals surface area contributed by atoms with Gasteiger partial charge in [0.15, 0.2) is 11.5 Å². The number of nitrogens with one attached hydrogen (secondary N) is 1. The molecule has 1 N–H and O–H groups in total. The number of anilines is 2. The van der Waals surface area contributed by atoms with E-state index in [2.05, 4.69) is 5.32 Å². The average Bonchev–Trinajstić information content (AvgIpc) is 2.74. The molecule has 0 saturated carbocycles. The van der Waals surface area contributed by atoms with Gasteiger partial charge in [0.25, 0.3) is 5.91 Å². The predicted octanol–water partition coefficient (Wildman–Crippen LogP) is 4.61. The number of ether oxygens (including phenoxy) is 2. The van der Waals surface area contributed by atoms with E-state index in [1.807, 2.05) is 18.2 Å². The van der Waals surface area contributed by atoms with Crippen LogP contribution in [0.25, 0.3) is 0 Å². The minimum Gasteiger partial charge on any atom is -0.493 e. The van der Waals surface area contributed by atoms with Gasteiger partial charge in [0.1, 0.15) is 12.0 Å². The van der Waals surface area contributed by atoms with Gasteiger partial charge in [-0.2, -0.15) is 0 Å². The molecular formula is C22H19FN2O3. The summed E-state index contributed by atoms with van der Waals surface area (Å²) in [5.41, 5.74) is 2.13. The molecule has 0 spiro atoms. The topological polar surface area (TPSA) is 50.8 Å². The number of hydrogen-bond donors (Lipinski definition) is 1. The first-order chi connectivity index (χ1) is 13.6. The Kier molecular flexibility index (Phi) is 4.61. The summed E-state index contributed by atoms with van der Waals surface area (Å²) in [4.78, 5) is 14.7. The molecule has 1 amide bonds. The number of amides is 1. The summed E-state index contributed by atoms with van der Waals surface area (Å²) < 4.78 is 25.3. The molecule has 1 heterocycles. The number of benzene rings is 3. The second kappa shape index (κ2) is 7.23. The van der Waals surface area contributed by atoms with E-state index in [1.165, 1.54) is 11.0 Å². The lowest BCUT2D eigenvalue weighted by molar-refractivity contribution is 0.0974. The standard InChI is InChI=1S/C22H19FN2O3/c1-27-19-12-11-14(13-20(19)28-2)21-24-17-9-5-3-7-15(17)22(26)25(21)18-10-6-4-8-16(18)23/h3-13,21,24H,1-2H3/t21-/m1/s1. The van der Waals surface area contributed by atoms with Crippen molar-refractivity contribution in [3.8, 4) is 11.5 Å². The lowest BCUT2D eigenvalue weighted by Gasteiger charge is -2.38. The second-order valence-electron chi connectivity index (χ2n) is 6.33. The highest BCUT2D eigenvalue weighted by Crippen LogP contribution is 2.39. The Bertz CT molecular complexity index is 1040. The highest BCUT2D eigenvalue weighted by Gasteiger charge is 2.35. The second-order valence-corrected chi connectivity index (χ2v) is 6.33. The molecule has 3 aromatic rings. The lowest BCUT2D eigenvalue weighted by Crippen LogP contribution is -2.43. The maximum absolute atomic E-state index is 14.6. The first-order valence-corrected chi connectivity index (χ1v) is 8.79. The molecule has 0 aromatic heterocycles. The van der Waals surface area contributed by atoms with Gasteiger partial charge in [0.2, 0.25) is 0 Å². The third-order valence-electron chi connectivity index (χ3n) is 4.76. The van der Waals surface area contributed by atoms with Crippen molar-refractivity contribution in [2.24, 2.45) is 0 Å². The first kappa shape index (κ1) is 17.9. The van der Waals surface area contributed by atoms with Crippen molar-refractivity contribution < 1.29 is 18.7 Å². The van der Waals surface area contributed by atoms with Crippen LogP contribution in [0.15, 0.2) is 66.7 Å². The summed E-state index contributed by atoms with van der Waals surface area (Å²) in [5.74, 6) is 0.356. The van der Waals surface area contributed by atoms with E-state index < -0.39 is 12.0 Å². The van der Waals surface area contributed by atoms with Crippen LogP contribution >= 0.6 is 0 Å². The number of methoxy groups -OCH3 is 2. The Morgan fingerprint density at radius 3 is 2.39 bits per heavy atom. The van der Waals surface area contributed by atoms with E-state index in [-0.39, 0.29) is 11.6 Å². The Hall–Kier alpha value is -3.54. The zero-order chi connectivity index (χ0) is 19.7. The van der Waals surface area contributed by atoms with Gasteiger partial charge in [-0.25, -0.2) is 4.39 Å². The third kappa shape index (κ3) is 2.93. The minimum atomic E-state index is -0.612. The van der Waals surface area contributed by atoms with Crippen molar-refractivity contribution in [2.45, 2.75) is 6.17 Å². The fourth-order valence-electron chi connectivity index (χ4n) is 3.41. The van der Waals surface area contributed by atoms with Gasteiger partial charge in [-0.05, 0) is 42.0 Å². The molecule has 0 unspecified atom stereocenters. The van der Waals surface area contributed by atoms with Gasteiger partial charge in [0.05, 0.1) is 25.5 Å². The molecule has 1 atom stereocenters. The molecule has 4 rings (SSSR count). The van der Waals surface area contributed by atoms with Crippen LogP contribution in [0.3, 0.4) is 0 Å². The number of para-hydroxylation sites is 2. The quantitative estimate of drug-likeness (QED) is 0.720. The zero-order valence-electron chi connectivity index (χ0n) is 15.5. The molecule has 5 nitrogen and oxygen atoms in total. The van der Waals surface area contributed by atoms with Gasteiger partial charge >= 0.3 is 0 Å². The molecule has 3 aromatic carbocycles. The number of nitrogens with zero attached hydrogens (tertiary/aromatic N) is 1. The molecule has 0 aliphatic carbocycles. The van der Waals surface area contributed by atoms with Gasteiger partial charge in [-0.15, -0.1) is 0 Å². The molecule has 1 aliphatic rings. The van der Waals surface area contributed by atoms with Crippen molar-refractivity contribution in [1.29, 1.82) is 0 Å². The number of rotatable bonds is 4. The Morgan fingerprint density at radius 1 is 0.929 bits per heavy atom. The van der Waals surface area contributed by atoms with Gasteiger partial charge in [0, 0.05) is 5.69 Å². The van der Waals surface area contributed by atoms with Crippen LogP contribution in [0, 0.1) is 5.82 Å². The molecule has 0 saturated heterocycles. The molecule has 142 valence electrons. The van der Waals surface area contributed by atoms with E-state index >= 15 is 0 Å². The zero-order valence-corrected chi connectivity index (χ0v) is 15.5. The molecule has 0 bridgehead atoms. The van der Waals surface area contributed by atoms with E-state index in [0.717, 1.165) is 5.56 Å². The maximum atomic E-state index is 14.6. The van der Waals surface area contributed by atoms with Crippen LogP contribution in [0.5, 0.6) is 11.5 Å². The summed E-state index contributed by atoms with van der Waals surface area (Å²) in [7, 11) is 3.10. The molecule has 0 radical (unpaired) electrons. The summed E-state index contributed by atoms with van der Waals surface area (Å²) in [6.07, 6.45) is -0.612. The van der Waals surface area contributed by atoms with Crippen LogP contribution in [0.2, 0.25) is 0 Å². The molecule has 1 aliphatic heterocycles. The third-order valence-corrected chi connectivity index (χ3v) is 4.76. The number of halogens is 1. The van der Waals surface area contributed by atoms with Crippen molar-refractivity contribution in [2.75, 3.05) is 24.4 Å². The fraction of sp³-hybridized carbons (Fsp3) is 0.136. The highest BCUT2D eigenvalue weighted by molar-refractivity contribution is 6.12. The number of carbonyl (C=O) groups is 1. The van der Waals surface area contributed by atoms with Crippen molar-refractivity contribution in [3.63, 3.8) is 0 Å². The number of carbonyl (C=O) groups excluding carboxylic acids is 1. The van der Waals surface area contributed by atoms with Crippen LogP contribution < -0.4 is 19.7 Å². The average molecular weight is 378 g/mol. The van der Waals surface area contributed by atoms with Crippen LogP contribution in [-0.4, -0.2) is 20.1 Å². The number of hydrogen-bond acceptors (Lipinski definition) is 4. The van der Waals surface area contributed by atoms with Gasteiger partial charge in [-0.1, -0.05) is 30.3 Å². The smallest absolute Gasteiger partial charge is 0.262 e. The molecule has 6 heteroatoms. The fourth-order valence-corrected chi connectivity index (χ4v) is 3.41. The maximum Gasteiger partial charge on any atom is 0.262 e. The van der Waals surface area contributed by atoms with Gasteiger partial charge < -0.3 is 14.8 Å². The summed E-state index contributed by atoms with van der Waals surface area (Å²) in [6.45, 7) is 0. The summed E-state index contributed by atoms with van der Waals surface area (Å²) >= 11 is 0. The van der Waals surface area contributed by atoms with E-state index in [9.17, 15) is 9.18 Å². The Morgan fingerprint density at radius 2 is 1.64 bits per heavy atom. The number of fused-ring (bicyclic) bond motifs is 1. The SMILES string of the molecule is COc1ccc([C@@H]2Nc3ccccc3C(=O)N2c2ccccc2F)cc1OC. The summed E-state index contributed by atoms with van der Waals surface area (Å²) in [5, 5.41) is 3.35. The van der Waals surface area contributed by atoms with Crippen LogP contribution in [-0.2, 0) is 0 Å². The van der Waals surface area contributed by atoms with Crippen molar-refractivity contribution >= 4 is 17.3 Å². The van der Waals surface area contributed by atoms with E-state index in [1.54, 1.807) is 56.7 Å². The predicted molar refractivity (Wildman–Crippen MR) is 106 cm³/mol. The molecule has 28 heavy (non-hydrogen) atoms. The van der Waals surface area contributed by atoms with Gasteiger partial charge in [-0.3, -0.25) is 9.69 Å². The van der Waals surface area contributed by atoms with Crippen molar-refractivity contribution in [3.05, 3.63) is 83.7 Å². The van der Waals surface area contributed by atoms with Crippen molar-refractivity contribution in [1.82, 2.24) is 0 Å². The Balaban J connectivity index is 1.88. The Labute approximate surface area is 162 Å². The lowest BCUT2D eigenvalue weighted by atomic mass is 10.0. The highest BCUT2D eigenvalue weighted by atomic mass is 19.1. The molecular weight excluding hydrogens is 359 g/mol. The van der Waals surface area contributed by atoms with E-state index in [4.69, 9.17) is 9.47 Å². The van der Waals surface area contributed by atoms with Crippen LogP contribution in [0.1, 0.15) is 22.1 Å². The largest absolute Gasteiger partial charge is 0.493 e. The monoisotopic (exact) mass is 378 g/mol. The normalized spacial score (nSPS) is 15.6. The first-order valence-electron chi connectivity index (χ1n) is 8.79. The van der Waals surface area contributed by atoms with E-state index in [0.29, 0.717) is 22.7 Å².